The first kappa shape index (κ1) is 11.4. The van der Waals surface area contributed by atoms with Crippen molar-refractivity contribution in [1.82, 2.24) is 14.5 Å². The van der Waals surface area contributed by atoms with Crippen LogP contribution in [0.4, 0.5) is 0 Å². The van der Waals surface area contributed by atoms with E-state index < -0.39 is 0 Å². The van der Waals surface area contributed by atoms with Crippen molar-refractivity contribution in [2.45, 2.75) is 32.7 Å². The second-order valence-corrected chi connectivity index (χ2v) is 4.20. The summed E-state index contributed by atoms with van der Waals surface area (Å²) in [5, 5.41) is 0. The summed E-state index contributed by atoms with van der Waals surface area (Å²) in [5.41, 5.74) is 1.98. The summed E-state index contributed by atoms with van der Waals surface area (Å²) >= 11 is 5.73. The van der Waals surface area contributed by atoms with Crippen LogP contribution in [0.2, 0.25) is 0 Å². The van der Waals surface area contributed by atoms with E-state index in [9.17, 15) is 0 Å². The van der Waals surface area contributed by atoms with Crippen LogP contribution in [0.1, 0.15) is 25.6 Å². The van der Waals surface area contributed by atoms with Gasteiger partial charge in [-0.1, -0.05) is 6.92 Å². The Bertz CT molecular complexity index is 464. The number of fused-ring (bicyclic) bond motifs is 1. The lowest BCUT2D eigenvalue weighted by molar-refractivity contribution is 0.642. The minimum atomic E-state index is 0.683. The Hall–Kier alpha value is -1.09. The Balaban J connectivity index is 2.41. The maximum atomic E-state index is 5.73. The average Bonchev–Trinajstić information content (AvgIpc) is 2.66. The first-order valence-electron chi connectivity index (χ1n) is 5.73. The van der Waals surface area contributed by atoms with Crippen LogP contribution in [0.3, 0.4) is 0 Å². The van der Waals surface area contributed by atoms with Gasteiger partial charge in [-0.3, -0.25) is 0 Å². The van der Waals surface area contributed by atoms with Gasteiger partial charge in [0, 0.05) is 25.0 Å². The van der Waals surface area contributed by atoms with Crippen molar-refractivity contribution in [1.29, 1.82) is 0 Å². The van der Waals surface area contributed by atoms with Crippen molar-refractivity contribution in [3.63, 3.8) is 0 Å². The lowest BCUT2D eigenvalue weighted by Gasteiger charge is -2.05. The maximum Gasteiger partial charge on any atom is 0.159 e. The standard InChI is InChI=1S/C12H16ClN3/c1-2-9-16-11(6-3-7-13)15-10-5-4-8-14-12(10)16/h4-5,8H,2-3,6-7,9H2,1H3. The molecule has 2 heterocycles. The number of hydrogen-bond donors (Lipinski definition) is 0. The molecule has 2 aromatic heterocycles. The van der Waals surface area contributed by atoms with Gasteiger partial charge in [-0.2, -0.15) is 0 Å². The van der Waals surface area contributed by atoms with Crippen molar-refractivity contribution in [3.05, 3.63) is 24.2 Å². The first-order valence-corrected chi connectivity index (χ1v) is 6.26. The van der Waals surface area contributed by atoms with Gasteiger partial charge in [-0.05, 0) is 25.0 Å². The molecule has 0 aliphatic carbocycles. The zero-order chi connectivity index (χ0) is 11.4. The maximum absolute atomic E-state index is 5.73. The third-order valence-electron chi connectivity index (χ3n) is 2.56. The normalized spacial score (nSPS) is 11.1. The van der Waals surface area contributed by atoms with Crippen LogP contribution in [0.5, 0.6) is 0 Å². The molecule has 0 radical (unpaired) electrons. The fourth-order valence-electron chi connectivity index (χ4n) is 1.88. The van der Waals surface area contributed by atoms with Gasteiger partial charge < -0.3 is 4.57 Å². The number of aromatic nitrogens is 3. The van der Waals surface area contributed by atoms with E-state index in [1.54, 1.807) is 0 Å². The smallest absolute Gasteiger partial charge is 0.159 e. The second kappa shape index (κ2) is 5.30. The van der Waals surface area contributed by atoms with Crippen molar-refractivity contribution in [2.24, 2.45) is 0 Å². The van der Waals surface area contributed by atoms with Crippen LogP contribution >= 0.6 is 11.6 Å². The largest absolute Gasteiger partial charge is 0.313 e. The number of hydrogen-bond acceptors (Lipinski definition) is 2. The van der Waals surface area contributed by atoms with E-state index >= 15 is 0 Å². The molecule has 0 aliphatic heterocycles. The highest BCUT2D eigenvalue weighted by atomic mass is 35.5. The van der Waals surface area contributed by atoms with Crippen molar-refractivity contribution in [3.8, 4) is 0 Å². The quantitative estimate of drug-likeness (QED) is 0.749. The molecule has 0 saturated heterocycles. The zero-order valence-corrected chi connectivity index (χ0v) is 10.2. The molecular formula is C12H16ClN3. The highest BCUT2D eigenvalue weighted by molar-refractivity contribution is 6.17. The van der Waals surface area contributed by atoms with Gasteiger partial charge in [-0.15, -0.1) is 11.6 Å². The average molecular weight is 238 g/mol. The SMILES string of the molecule is CCCn1c(CCCCl)nc2cccnc21. The van der Waals surface area contributed by atoms with Gasteiger partial charge in [0.05, 0.1) is 0 Å². The summed E-state index contributed by atoms with van der Waals surface area (Å²) < 4.78 is 2.21. The van der Waals surface area contributed by atoms with Crippen LogP contribution in [0.15, 0.2) is 18.3 Å². The fourth-order valence-corrected chi connectivity index (χ4v) is 2.01. The monoisotopic (exact) mass is 237 g/mol. The third-order valence-corrected chi connectivity index (χ3v) is 2.83. The highest BCUT2D eigenvalue weighted by Gasteiger charge is 2.09. The van der Waals surface area contributed by atoms with Crippen LogP contribution in [-0.2, 0) is 13.0 Å². The number of aryl methyl sites for hydroxylation is 2. The molecule has 0 spiro atoms. The molecule has 2 aromatic rings. The molecule has 0 bridgehead atoms. The van der Waals surface area contributed by atoms with Gasteiger partial charge in [0.25, 0.3) is 0 Å². The third kappa shape index (κ3) is 2.19. The number of alkyl halides is 1. The molecule has 0 amide bonds. The number of pyridine rings is 1. The van der Waals surface area contributed by atoms with E-state index in [-0.39, 0.29) is 0 Å². The summed E-state index contributed by atoms with van der Waals surface area (Å²) in [6.07, 6.45) is 4.81. The molecule has 4 heteroatoms. The van der Waals surface area contributed by atoms with Crippen LogP contribution < -0.4 is 0 Å². The second-order valence-electron chi connectivity index (χ2n) is 3.82. The van der Waals surface area contributed by atoms with Gasteiger partial charge in [0.2, 0.25) is 0 Å². The molecule has 16 heavy (non-hydrogen) atoms. The molecule has 0 aliphatic rings. The van der Waals surface area contributed by atoms with Gasteiger partial charge in [0.15, 0.2) is 5.65 Å². The van der Waals surface area contributed by atoms with Crippen molar-refractivity contribution >= 4 is 22.8 Å². The van der Waals surface area contributed by atoms with Gasteiger partial charge >= 0.3 is 0 Å². The first-order chi connectivity index (χ1) is 7.86. The van der Waals surface area contributed by atoms with Crippen LogP contribution in [-0.4, -0.2) is 20.4 Å². The molecule has 86 valence electrons. The molecule has 0 fully saturated rings. The molecule has 0 N–H and O–H groups in total. The van der Waals surface area contributed by atoms with Gasteiger partial charge in [-0.25, -0.2) is 9.97 Å². The summed E-state index contributed by atoms with van der Waals surface area (Å²) in [4.78, 5) is 9.01. The Morgan fingerprint density at radius 2 is 2.31 bits per heavy atom. The van der Waals surface area contributed by atoms with Gasteiger partial charge in [0.1, 0.15) is 11.3 Å². The minimum Gasteiger partial charge on any atom is -0.313 e. The molecule has 0 aromatic carbocycles. The molecule has 0 atom stereocenters. The van der Waals surface area contributed by atoms with E-state index in [0.717, 1.165) is 42.8 Å². The predicted molar refractivity (Wildman–Crippen MR) is 66.9 cm³/mol. The highest BCUT2D eigenvalue weighted by Crippen LogP contribution is 2.15. The topological polar surface area (TPSA) is 30.7 Å². The summed E-state index contributed by atoms with van der Waals surface area (Å²) in [5.74, 6) is 1.79. The van der Waals surface area contributed by atoms with Crippen molar-refractivity contribution in [2.75, 3.05) is 5.88 Å². The lowest BCUT2D eigenvalue weighted by atomic mass is 10.3. The molecule has 3 nitrogen and oxygen atoms in total. The summed E-state index contributed by atoms with van der Waals surface area (Å²) in [7, 11) is 0. The zero-order valence-electron chi connectivity index (χ0n) is 9.49. The Kier molecular flexibility index (Phi) is 3.78. The van der Waals surface area contributed by atoms with Crippen molar-refractivity contribution < 1.29 is 0 Å². The lowest BCUT2D eigenvalue weighted by Crippen LogP contribution is -2.04. The summed E-state index contributed by atoms with van der Waals surface area (Å²) in [6.45, 7) is 3.14. The summed E-state index contributed by atoms with van der Waals surface area (Å²) in [6, 6.07) is 3.94. The Morgan fingerprint density at radius 1 is 1.44 bits per heavy atom. The molecule has 0 saturated carbocycles. The number of imidazole rings is 1. The Morgan fingerprint density at radius 3 is 3.06 bits per heavy atom. The molecule has 2 rings (SSSR count). The van der Waals surface area contributed by atoms with Crippen LogP contribution in [0, 0.1) is 0 Å². The van der Waals surface area contributed by atoms with E-state index in [1.165, 1.54) is 0 Å². The minimum absolute atomic E-state index is 0.683. The fraction of sp³-hybridized carbons (Fsp3) is 0.500. The number of nitrogens with zero attached hydrogens (tertiary/aromatic N) is 3. The van der Waals surface area contributed by atoms with E-state index in [2.05, 4.69) is 21.5 Å². The van der Waals surface area contributed by atoms with E-state index in [4.69, 9.17) is 11.6 Å². The molecule has 0 unspecified atom stereocenters. The number of rotatable bonds is 5. The molecular weight excluding hydrogens is 222 g/mol. The van der Waals surface area contributed by atoms with E-state index in [1.807, 2.05) is 18.3 Å². The van der Waals surface area contributed by atoms with E-state index in [0.29, 0.717) is 5.88 Å². The number of halogens is 1. The Labute approximate surface area is 100 Å². The van der Waals surface area contributed by atoms with Crippen LogP contribution in [0.25, 0.3) is 11.2 Å². The predicted octanol–water partition coefficient (Wildman–Crippen LogP) is 3.01.